The summed E-state index contributed by atoms with van der Waals surface area (Å²) < 4.78 is 5.16. The van der Waals surface area contributed by atoms with Crippen molar-refractivity contribution in [1.82, 2.24) is 15.5 Å². The Hall–Kier alpha value is -2.11. The fraction of sp³-hybridized carbons (Fsp3) is 0.542. The van der Waals surface area contributed by atoms with Gasteiger partial charge in [-0.1, -0.05) is 42.5 Å². The van der Waals surface area contributed by atoms with Gasteiger partial charge in [0, 0.05) is 52.5 Å². The average Bonchev–Trinajstić information content (AvgIpc) is 2.75. The van der Waals surface area contributed by atoms with Gasteiger partial charge in [0.1, 0.15) is 0 Å². The molecule has 1 fully saturated rings. The lowest BCUT2D eigenvalue weighted by Gasteiger charge is -2.33. The number of guanidine groups is 1. The Kier molecular flexibility index (Phi) is 8.78. The van der Waals surface area contributed by atoms with Crippen LogP contribution in [-0.4, -0.2) is 63.3 Å². The lowest BCUT2D eigenvalue weighted by Crippen LogP contribution is -2.49. The van der Waals surface area contributed by atoms with Crippen LogP contribution in [0.5, 0.6) is 0 Å². The molecule has 0 saturated carbocycles. The van der Waals surface area contributed by atoms with E-state index < -0.39 is 0 Å². The van der Waals surface area contributed by atoms with Crippen LogP contribution < -0.4 is 10.6 Å². The zero-order valence-electron chi connectivity index (χ0n) is 18.0. The molecule has 0 bridgehead atoms. The number of likely N-dealkylation sites (tertiary alicyclic amines) is 1. The molecule has 0 radical (unpaired) electrons. The highest BCUT2D eigenvalue weighted by Crippen LogP contribution is 2.19. The van der Waals surface area contributed by atoms with Crippen molar-refractivity contribution < 1.29 is 4.74 Å². The number of nitrogens with one attached hydrogen (secondary N) is 2. The van der Waals surface area contributed by atoms with Crippen LogP contribution in [0.2, 0.25) is 0 Å². The van der Waals surface area contributed by atoms with Crippen LogP contribution in [0.1, 0.15) is 31.7 Å². The van der Waals surface area contributed by atoms with Gasteiger partial charge in [-0.3, -0.25) is 4.99 Å². The summed E-state index contributed by atoms with van der Waals surface area (Å²) in [5.74, 6) is 0.950. The molecular weight excluding hydrogens is 360 g/mol. The highest BCUT2D eigenvalue weighted by Gasteiger charge is 2.19. The van der Waals surface area contributed by atoms with Crippen molar-refractivity contribution in [2.75, 3.05) is 46.4 Å². The molecule has 0 amide bonds. The summed E-state index contributed by atoms with van der Waals surface area (Å²) in [5, 5.41) is 9.71. The van der Waals surface area contributed by atoms with Gasteiger partial charge in [0.25, 0.3) is 0 Å². The van der Waals surface area contributed by atoms with Crippen LogP contribution in [0.4, 0.5) is 0 Å². The molecule has 0 atom stereocenters. The zero-order valence-corrected chi connectivity index (χ0v) is 18.0. The van der Waals surface area contributed by atoms with Crippen LogP contribution in [0.25, 0.3) is 10.8 Å². The summed E-state index contributed by atoms with van der Waals surface area (Å²) in [6.07, 6.45) is 4.41. The minimum absolute atomic E-state index is 0.504. The molecule has 5 heteroatoms. The number of methoxy groups -OCH3 is 1. The number of rotatable bonds is 9. The maximum atomic E-state index is 5.16. The molecule has 2 N–H and O–H groups in total. The van der Waals surface area contributed by atoms with E-state index in [2.05, 4.69) is 64.9 Å². The van der Waals surface area contributed by atoms with Gasteiger partial charge in [-0.05, 0) is 48.9 Å². The fourth-order valence-electron chi connectivity index (χ4n) is 4.05. The zero-order chi connectivity index (χ0) is 20.3. The summed E-state index contributed by atoms with van der Waals surface area (Å²) in [7, 11) is 1.78. The van der Waals surface area contributed by atoms with E-state index in [0.29, 0.717) is 6.04 Å². The Labute approximate surface area is 175 Å². The minimum Gasteiger partial charge on any atom is -0.385 e. The molecule has 3 rings (SSSR count). The smallest absolute Gasteiger partial charge is 0.191 e. The highest BCUT2D eigenvalue weighted by molar-refractivity contribution is 5.85. The molecule has 2 aromatic carbocycles. The maximum Gasteiger partial charge on any atom is 0.191 e. The second kappa shape index (κ2) is 11.8. The van der Waals surface area contributed by atoms with E-state index in [1.54, 1.807) is 7.11 Å². The van der Waals surface area contributed by atoms with E-state index in [-0.39, 0.29) is 0 Å². The molecule has 0 spiro atoms. The molecule has 0 aliphatic carbocycles. The lowest BCUT2D eigenvalue weighted by molar-refractivity contribution is 0.155. The van der Waals surface area contributed by atoms with E-state index in [0.717, 1.165) is 58.1 Å². The fourth-order valence-corrected chi connectivity index (χ4v) is 4.05. The van der Waals surface area contributed by atoms with Gasteiger partial charge in [-0.15, -0.1) is 0 Å². The van der Waals surface area contributed by atoms with E-state index >= 15 is 0 Å². The summed E-state index contributed by atoms with van der Waals surface area (Å²) in [5.41, 5.74) is 1.37. The highest BCUT2D eigenvalue weighted by atomic mass is 16.5. The first-order valence-electron chi connectivity index (χ1n) is 11.0. The van der Waals surface area contributed by atoms with E-state index in [1.807, 2.05) is 0 Å². The maximum absolute atomic E-state index is 5.16. The third-order valence-electron chi connectivity index (χ3n) is 5.63. The van der Waals surface area contributed by atoms with Crippen molar-refractivity contribution in [3.8, 4) is 0 Å². The average molecular weight is 397 g/mol. The van der Waals surface area contributed by atoms with Gasteiger partial charge in [0.05, 0.1) is 0 Å². The molecule has 1 aliphatic rings. The molecule has 1 saturated heterocycles. The minimum atomic E-state index is 0.504. The molecule has 0 unspecified atom stereocenters. The number of aliphatic imine (C=N–C) groups is 1. The molecule has 158 valence electrons. The topological polar surface area (TPSA) is 48.9 Å². The Morgan fingerprint density at radius 3 is 2.72 bits per heavy atom. The van der Waals surface area contributed by atoms with Crippen molar-refractivity contribution in [3.05, 3.63) is 48.0 Å². The molecular formula is C24H36N4O. The first-order chi connectivity index (χ1) is 14.3. The third kappa shape index (κ3) is 6.72. The number of nitrogens with zero attached hydrogens (tertiary/aromatic N) is 2. The molecule has 5 nitrogen and oxygen atoms in total. The monoisotopic (exact) mass is 396 g/mol. The second-order valence-corrected chi connectivity index (χ2v) is 7.76. The number of hydrogen-bond donors (Lipinski definition) is 2. The van der Waals surface area contributed by atoms with Crippen LogP contribution in [0.15, 0.2) is 47.5 Å². The molecule has 1 heterocycles. The van der Waals surface area contributed by atoms with E-state index in [4.69, 9.17) is 9.73 Å². The van der Waals surface area contributed by atoms with Crippen molar-refractivity contribution in [2.24, 2.45) is 4.99 Å². The van der Waals surface area contributed by atoms with Gasteiger partial charge in [0.2, 0.25) is 0 Å². The van der Waals surface area contributed by atoms with Crippen LogP contribution in [0, 0.1) is 0 Å². The Morgan fingerprint density at radius 2 is 1.93 bits per heavy atom. The van der Waals surface area contributed by atoms with Crippen LogP contribution >= 0.6 is 0 Å². The third-order valence-corrected chi connectivity index (χ3v) is 5.63. The van der Waals surface area contributed by atoms with E-state index in [9.17, 15) is 0 Å². The van der Waals surface area contributed by atoms with Crippen molar-refractivity contribution in [1.29, 1.82) is 0 Å². The van der Waals surface area contributed by atoms with Gasteiger partial charge < -0.3 is 20.3 Å². The molecule has 0 aromatic heterocycles. The second-order valence-electron chi connectivity index (χ2n) is 7.76. The molecule has 2 aromatic rings. The molecule has 1 aliphatic heterocycles. The van der Waals surface area contributed by atoms with Crippen LogP contribution in [-0.2, 0) is 11.2 Å². The number of benzene rings is 2. The SMILES string of the molecule is CCNC(=NCCc1cccc2ccccc12)NC1CCN(CCCOC)CC1. The van der Waals surface area contributed by atoms with Gasteiger partial charge in [0.15, 0.2) is 5.96 Å². The Balaban J connectivity index is 1.50. The summed E-state index contributed by atoms with van der Waals surface area (Å²) in [4.78, 5) is 7.40. The van der Waals surface area contributed by atoms with Crippen LogP contribution in [0.3, 0.4) is 0 Å². The first-order valence-corrected chi connectivity index (χ1v) is 11.0. The Bertz CT molecular complexity index is 763. The predicted octanol–water partition coefficient (Wildman–Crippen LogP) is 3.44. The van der Waals surface area contributed by atoms with Crippen molar-refractivity contribution in [3.63, 3.8) is 0 Å². The first kappa shape index (κ1) is 21.6. The lowest BCUT2D eigenvalue weighted by atomic mass is 10.0. The predicted molar refractivity (Wildman–Crippen MR) is 123 cm³/mol. The number of piperidine rings is 1. The number of fused-ring (bicyclic) bond motifs is 1. The van der Waals surface area contributed by atoms with Crippen molar-refractivity contribution >= 4 is 16.7 Å². The largest absolute Gasteiger partial charge is 0.385 e. The van der Waals surface area contributed by atoms with Gasteiger partial charge >= 0.3 is 0 Å². The number of hydrogen-bond acceptors (Lipinski definition) is 3. The van der Waals surface area contributed by atoms with Gasteiger partial charge in [-0.2, -0.15) is 0 Å². The standard InChI is InChI=1S/C24H36N4O/c1-3-25-24(27-22-13-17-28(18-14-22)16-7-19-29-2)26-15-12-21-10-6-9-20-8-4-5-11-23(20)21/h4-6,8-11,22H,3,7,12-19H2,1-2H3,(H2,25,26,27). The van der Waals surface area contributed by atoms with Gasteiger partial charge in [-0.25, -0.2) is 0 Å². The normalized spacial score (nSPS) is 16.3. The molecule has 29 heavy (non-hydrogen) atoms. The summed E-state index contributed by atoms with van der Waals surface area (Å²) in [6, 6.07) is 15.6. The summed E-state index contributed by atoms with van der Waals surface area (Å²) >= 11 is 0. The van der Waals surface area contributed by atoms with Crippen molar-refractivity contribution in [2.45, 2.75) is 38.6 Å². The summed E-state index contributed by atoms with van der Waals surface area (Å²) in [6.45, 7) is 8.09. The quantitative estimate of drug-likeness (QED) is 0.387. The Morgan fingerprint density at radius 1 is 1.14 bits per heavy atom. The number of ether oxygens (including phenoxy) is 1. The van der Waals surface area contributed by atoms with E-state index in [1.165, 1.54) is 29.2 Å².